The van der Waals surface area contributed by atoms with E-state index in [1.54, 1.807) is 0 Å². The lowest BCUT2D eigenvalue weighted by Gasteiger charge is -2.27. The van der Waals surface area contributed by atoms with Crippen LogP contribution in [0, 0.1) is 5.92 Å². The lowest BCUT2D eigenvalue weighted by Crippen LogP contribution is -2.39. The topological polar surface area (TPSA) is 18.5 Å². The first-order chi connectivity index (χ1) is 8.54. The van der Waals surface area contributed by atoms with Crippen molar-refractivity contribution in [2.45, 2.75) is 78.8 Å². The van der Waals surface area contributed by atoms with Crippen molar-refractivity contribution in [1.82, 2.24) is 0 Å². The van der Waals surface area contributed by atoms with Gasteiger partial charge in [-0.3, -0.25) is 0 Å². The third-order valence-electron chi connectivity index (χ3n) is 3.14. The van der Waals surface area contributed by atoms with Crippen molar-refractivity contribution >= 4 is 8.56 Å². The lowest BCUT2D eigenvalue weighted by molar-refractivity contribution is 0.172. The summed E-state index contributed by atoms with van der Waals surface area (Å²) in [6.07, 6.45) is 7.47. The van der Waals surface area contributed by atoms with Gasteiger partial charge in [0.15, 0.2) is 0 Å². The van der Waals surface area contributed by atoms with E-state index >= 15 is 0 Å². The molecule has 0 aromatic rings. The van der Waals surface area contributed by atoms with Crippen LogP contribution in [0.4, 0.5) is 0 Å². The Labute approximate surface area is 116 Å². The average molecular weight is 275 g/mol. The van der Waals surface area contributed by atoms with Gasteiger partial charge in [0.25, 0.3) is 0 Å². The van der Waals surface area contributed by atoms with E-state index in [0.29, 0.717) is 0 Å². The molecule has 0 aromatic heterocycles. The van der Waals surface area contributed by atoms with Gasteiger partial charge < -0.3 is 8.85 Å². The SMILES string of the molecule is CCCO[Si](C)(CCCCCC(C)C)OCCC. The summed E-state index contributed by atoms with van der Waals surface area (Å²) < 4.78 is 12.1. The second kappa shape index (κ2) is 11.0. The lowest BCUT2D eigenvalue weighted by atomic mass is 10.1. The molecule has 0 atom stereocenters. The summed E-state index contributed by atoms with van der Waals surface area (Å²) in [5.74, 6) is 0.835. The predicted octanol–water partition coefficient (Wildman–Crippen LogP) is 5.13. The monoisotopic (exact) mass is 274 g/mol. The van der Waals surface area contributed by atoms with Crippen molar-refractivity contribution in [1.29, 1.82) is 0 Å². The number of hydrogen-bond acceptors (Lipinski definition) is 2. The van der Waals surface area contributed by atoms with E-state index in [9.17, 15) is 0 Å². The highest BCUT2D eigenvalue weighted by Crippen LogP contribution is 2.20. The minimum atomic E-state index is -1.87. The van der Waals surface area contributed by atoms with E-state index in [2.05, 4.69) is 34.2 Å². The van der Waals surface area contributed by atoms with E-state index in [-0.39, 0.29) is 0 Å². The van der Waals surface area contributed by atoms with Gasteiger partial charge in [0.2, 0.25) is 0 Å². The minimum absolute atomic E-state index is 0.835. The molecule has 0 aromatic carbocycles. The van der Waals surface area contributed by atoms with Gasteiger partial charge in [-0.1, -0.05) is 53.4 Å². The van der Waals surface area contributed by atoms with Crippen molar-refractivity contribution in [2.75, 3.05) is 13.2 Å². The Morgan fingerprint density at radius 2 is 1.44 bits per heavy atom. The van der Waals surface area contributed by atoms with E-state index in [1.807, 2.05) is 0 Å². The molecule has 0 rings (SSSR count). The fraction of sp³-hybridized carbons (Fsp3) is 1.00. The van der Waals surface area contributed by atoms with Gasteiger partial charge in [0, 0.05) is 13.2 Å². The van der Waals surface area contributed by atoms with Crippen LogP contribution >= 0.6 is 0 Å². The summed E-state index contributed by atoms with van der Waals surface area (Å²) >= 11 is 0. The van der Waals surface area contributed by atoms with Gasteiger partial charge in [-0.2, -0.15) is 0 Å². The molecule has 18 heavy (non-hydrogen) atoms. The Morgan fingerprint density at radius 1 is 0.889 bits per heavy atom. The standard InChI is InChI=1S/C15H34O2Si/c1-6-12-16-18(5,17-13-7-2)14-10-8-9-11-15(3)4/h15H,6-14H2,1-5H3. The van der Waals surface area contributed by atoms with E-state index in [0.717, 1.165) is 38.0 Å². The van der Waals surface area contributed by atoms with Crippen molar-refractivity contribution in [3.8, 4) is 0 Å². The Bertz CT molecular complexity index is 175. The van der Waals surface area contributed by atoms with Gasteiger partial charge in [-0.25, -0.2) is 0 Å². The molecule has 0 bridgehead atoms. The molecular weight excluding hydrogens is 240 g/mol. The Hall–Kier alpha value is 0.137. The second-order valence-corrected chi connectivity index (χ2v) is 9.17. The van der Waals surface area contributed by atoms with Crippen LogP contribution in [0.1, 0.15) is 66.2 Å². The molecule has 0 saturated carbocycles. The molecule has 2 nitrogen and oxygen atoms in total. The predicted molar refractivity (Wildman–Crippen MR) is 82.2 cm³/mol. The number of rotatable bonds is 12. The Balaban J connectivity index is 3.84. The first-order valence-corrected chi connectivity index (χ1v) is 10.3. The second-order valence-electron chi connectivity index (χ2n) is 5.82. The maximum atomic E-state index is 6.03. The van der Waals surface area contributed by atoms with Gasteiger partial charge in [-0.15, -0.1) is 0 Å². The van der Waals surface area contributed by atoms with Crippen LogP contribution in [0.25, 0.3) is 0 Å². The van der Waals surface area contributed by atoms with Crippen LogP contribution in [0.2, 0.25) is 12.6 Å². The summed E-state index contributed by atoms with van der Waals surface area (Å²) in [6, 6.07) is 1.16. The summed E-state index contributed by atoms with van der Waals surface area (Å²) in [7, 11) is -1.87. The van der Waals surface area contributed by atoms with Crippen molar-refractivity contribution in [3.63, 3.8) is 0 Å². The summed E-state index contributed by atoms with van der Waals surface area (Å²) in [6.45, 7) is 12.9. The van der Waals surface area contributed by atoms with E-state index < -0.39 is 8.56 Å². The normalized spacial score (nSPS) is 12.3. The molecule has 3 heteroatoms. The third kappa shape index (κ3) is 10.1. The van der Waals surface area contributed by atoms with Crippen LogP contribution in [0.3, 0.4) is 0 Å². The van der Waals surface area contributed by atoms with Crippen LogP contribution < -0.4 is 0 Å². The zero-order valence-corrected chi connectivity index (χ0v) is 14.3. The quantitative estimate of drug-likeness (QED) is 0.363. The highest BCUT2D eigenvalue weighted by molar-refractivity contribution is 6.66. The summed E-state index contributed by atoms with van der Waals surface area (Å²) in [4.78, 5) is 0. The fourth-order valence-corrected chi connectivity index (χ4v) is 4.53. The number of hydrogen-bond donors (Lipinski definition) is 0. The molecule has 110 valence electrons. The van der Waals surface area contributed by atoms with Crippen LogP contribution in [0.5, 0.6) is 0 Å². The molecule has 0 N–H and O–H groups in total. The van der Waals surface area contributed by atoms with Gasteiger partial charge in [0.05, 0.1) is 0 Å². The molecule has 0 radical (unpaired) electrons. The zero-order valence-electron chi connectivity index (χ0n) is 13.3. The van der Waals surface area contributed by atoms with Gasteiger partial charge in [0.1, 0.15) is 0 Å². The molecule has 0 spiro atoms. The third-order valence-corrected chi connectivity index (χ3v) is 6.03. The van der Waals surface area contributed by atoms with Crippen LogP contribution in [-0.2, 0) is 8.85 Å². The van der Waals surface area contributed by atoms with Crippen molar-refractivity contribution in [3.05, 3.63) is 0 Å². The zero-order chi connectivity index (χ0) is 13.9. The molecule has 0 aliphatic rings. The van der Waals surface area contributed by atoms with Gasteiger partial charge >= 0.3 is 8.56 Å². The van der Waals surface area contributed by atoms with Gasteiger partial charge in [-0.05, 0) is 31.4 Å². The van der Waals surface area contributed by atoms with Crippen LogP contribution in [-0.4, -0.2) is 21.8 Å². The number of unbranched alkanes of at least 4 members (excludes halogenated alkanes) is 2. The van der Waals surface area contributed by atoms with Crippen LogP contribution in [0.15, 0.2) is 0 Å². The van der Waals surface area contributed by atoms with Crippen molar-refractivity contribution in [2.24, 2.45) is 5.92 Å². The van der Waals surface area contributed by atoms with Crippen molar-refractivity contribution < 1.29 is 8.85 Å². The molecule has 0 aliphatic carbocycles. The molecule has 0 aliphatic heterocycles. The summed E-state index contributed by atoms with van der Waals surface area (Å²) in [5.41, 5.74) is 0. The van der Waals surface area contributed by atoms with E-state index in [4.69, 9.17) is 8.85 Å². The molecule has 0 saturated heterocycles. The highest BCUT2D eigenvalue weighted by atomic mass is 28.4. The maximum absolute atomic E-state index is 6.03. The largest absolute Gasteiger partial charge is 0.394 e. The molecule has 0 amide bonds. The fourth-order valence-electron chi connectivity index (χ4n) is 2.00. The Kier molecular flexibility index (Phi) is 11.1. The minimum Gasteiger partial charge on any atom is -0.394 e. The molecule has 0 fully saturated rings. The average Bonchev–Trinajstić information content (AvgIpc) is 2.33. The molecular formula is C15H34O2Si. The van der Waals surface area contributed by atoms with E-state index in [1.165, 1.54) is 25.7 Å². The highest BCUT2D eigenvalue weighted by Gasteiger charge is 2.30. The molecule has 0 unspecified atom stereocenters. The maximum Gasteiger partial charge on any atom is 0.334 e. The summed E-state index contributed by atoms with van der Waals surface area (Å²) in [5, 5.41) is 0. The smallest absolute Gasteiger partial charge is 0.334 e. The first kappa shape index (κ1) is 18.1. The first-order valence-electron chi connectivity index (χ1n) is 7.82. The molecule has 0 heterocycles. The Morgan fingerprint density at radius 3 is 1.89 bits per heavy atom.